The van der Waals surface area contributed by atoms with Crippen LogP contribution in [0.1, 0.15) is 31.5 Å². The van der Waals surface area contributed by atoms with Gasteiger partial charge in [0.25, 0.3) is 0 Å². The smallest absolute Gasteiger partial charge is 0.235 e. The zero-order valence-electron chi connectivity index (χ0n) is 13.8. The molecular weight excluding hydrogens is 338 g/mol. The average molecular weight is 357 g/mol. The Hall–Kier alpha value is -2.19. The van der Waals surface area contributed by atoms with E-state index in [0.29, 0.717) is 0 Å². The number of rotatable bonds is 3. The molecule has 0 saturated carbocycles. The summed E-state index contributed by atoms with van der Waals surface area (Å²) in [7, 11) is 0. The van der Waals surface area contributed by atoms with Crippen LogP contribution in [0.2, 0.25) is 0 Å². The van der Waals surface area contributed by atoms with Crippen LogP contribution in [-0.2, 0) is 6.54 Å². The van der Waals surface area contributed by atoms with Crippen molar-refractivity contribution in [3.05, 3.63) is 24.0 Å². The van der Waals surface area contributed by atoms with E-state index in [1.807, 2.05) is 22.7 Å². The molecule has 0 aliphatic carbocycles. The van der Waals surface area contributed by atoms with Gasteiger partial charge in [-0.3, -0.25) is 4.90 Å². The van der Waals surface area contributed by atoms with E-state index in [4.69, 9.17) is 14.6 Å². The molecule has 0 atom stereocenters. The van der Waals surface area contributed by atoms with Gasteiger partial charge in [0.15, 0.2) is 17.3 Å². The molecule has 2 aromatic heterocycles. The van der Waals surface area contributed by atoms with E-state index in [2.05, 4.69) is 15.1 Å². The second-order valence-corrected chi connectivity index (χ2v) is 7.43. The van der Waals surface area contributed by atoms with Crippen LogP contribution in [-0.4, -0.2) is 44.6 Å². The predicted octanol–water partition coefficient (Wildman–Crippen LogP) is 2.96. The zero-order chi connectivity index (χ0) is 16.6. The molecule has 0 bridgehead atoms. The lowest BCUT2D eigenvalue weighted by atomic mass is 10.2. The van der Waals surface area contributed by atoms with Crippen LogP contribution >= 0.6 is 11.3 Å². The number of benzene rings is 1. The fourth-order valence-electron chi connectivity index (χ4n) is 3.40. The molecular formula is C17H19N5O2S. The molecule has 4 heterocycles. The molecule has 1 aromatic carbocycles. The third-order valence-electron chi connectivity index (χ3n) is 4.74. The second-order valence-electron chi connectivity index (χ2n) is 6.48. The Balaban J connectivity index is 1.43. The fourth-order valence-corrected chi connectivity index (χ4v) is 4.25. The van der Waals surface area contributed by atoms with Gasteiger partial charge < -0.3 is 9.47 Å². The lowest BCUT2D eigenvalue weighted by molar-refractivity contribution is 0.174. The van der Waals surface area contributed by atoms with Gasteiger partial charge in [-0.15, -0.1) is 10.2 Å². The Labute approximate surface area is 149 Å². The number of ether oxygens (including phenoxy) is 2. The fraction of sp³-hybridized carbons (Fsp3) is 0.471. The summed E-state index contributed by atoms with van der Waals surface area (Å²) in [5, 5.41) is 14.3. The van der Waals surface area contributed by atoms with Crippen molar-refractivity contribution >= 4 is 16.3 Å². The van der Waals surface area contributed by atoms with Crippen molar-refractivity contribution < 1.29 is 9.47 Å². The van der Waals surface area contributed by atoms with Gasteiger partial charge in [0.1, 0.15) is 5.01 Å². The van der Waals surface area contributed by atoms with Gasteiger partial charge in [0.2, 0.25) is 11.8 Å². The molecule has 0 unspecified atom stereocenters. The summed E-state index contributed by atoms with van der Waals surface area (Å²) < 4.78 is 12.7. The van der Waals surface area contributed by atoms with Crippen molar-refractivity contribution in [3.63, 3.8) is 0 Å². The molecule has 1 fully saturated rings. The molecule has 0 radical (unpaired) electrons. The molecule has 1 saturated heterocycles. The summed E-state index contributed by atoms with van der Waals surface area (Å²) in [6.07, 6.45) is 5.19. The third-order valence-corrected chi connectivity index (χ3v) is 5.69. The highest BCUT2D eigenvalue weighted by Gasteiger charge is 2.19. The summed E-state index contributed by atoms with van der Waals surface area (Å²) >= 11 is 1.55. The van der Waals surface area contributed by atoms with Crippen LogP contribution < -0.4 is 9.47 Å². The summed E-state index contributed by atoms with van der Waals surface area (Å²) in [5.41, 5.74) is 1.01. The van der Waals surface area contributed by atoms with Crippen LogP contribution in [0.3, 0.4) is 0 Å². The van der Waals surface area contributed by atoms with Crippen molar-refractivity contribution in [3.8, 4) is 22.1 Å². The minimum Gasteiger partial charge on any atom is -0.454 e. The molecule has 0 amide bonds. The van der Waals surface area contributed by atoms with Gasteiger partial charge in [0, 0.05) is 5.56 Å². The standard InChI is InChI=1S/C17H19N5O2S/c1-2-4-8-21(7-3-1)10-15-18-19-17-22(15)20-16(25-17)12-5-6-13-14(9-12)24-11-23-13/h5-6,9H,1-4,7-8,10-11H2. The van der Waals surface area contributed by atoms with Crippen LogP contribution in [0.15, 0.2) is 18.2 Å². The first-order chi connectivity index (χ1) is 12.4. The van der Waals surface area contributed by atoms with Crippen LogP contribution in [0, 0.1) is 0 Å². The highest BCUT2D eigenvalue weighted by atomic mass is 32.1. The number of hydrogen-bond acceptors (Lipinski definition) is 7. The normalized spacial score (nSPS) is 17.9. The predicted molar refractivity (Wildman–Crippen MR) is 94.0 cm³/mol. The topological polar surface area (TPSA) is 64.8 Å². The third kappa shape index (κ3) is 2.85. The van der Waals surface area contributed by atoms with E-state index in [-0.39, 0.29) is 6.79 Å². The Morgan fingerprint density at radius 2 is 1.84 bits per heavy atom. The second kappa shape index (κ2) is 6.27. The van der Waals surface area contributed by atoms with Gasteiger partial charge in [-0.2, -0.15) is 9.61 Å². The summed E-state index contributed by atoms with van der Waals surface area (Å²) in [6.45, 7) is 3.36. The Morgan fingerprint density at radius 1 is 1.00 bits per heavy atom. The lowest BCUT2D eigenvalue weighted by Gasteiger charge is -2.17. The maximum Gasteiger partial charge on any atom is 0.235 e. The number of likely N-dealkylation sites (tertiary alicyclic amines) is 1. The van der Waals surface area contributed by atoms with Crippen LogP contribution in [0.5, 0.6) is 11.5 Å². The summed E-state index contributed by atoms with van der Waals surface area (Å²) in [6, 6.07) is 5.91. The molecule has 7 nitrogen and oxygen atoms in total. The van der Waals surface area contributed by atoms with Gasteiger partial charge in [-0.1, -0.05) is 24.2 Å². The maximum absolute atomic E-state index is 5.47. The minimum absolute atomic E-state index is 0.282. The summed E-state index contributed by atoms with van der Waals surface area (Å²) in [5.74, 6) is 2.47. The Morgan fingerprint density at radius 3 is 2.72 bits per heavy atom. The lowest BCUT2D eigenvalue weighted by Crippen LogP contribution is -2.25. The number of fused-ring (bicyclic) bond motifs is 2. The van der Waals surface area contributed by atoms with E-state index < -0.39 is 0 Å². The van der Waals surface area contributed by atoms with Crippen molar-refractivity contribution in [2.45, 2.75) is 32.2 Å². The Bertz CT molecular complexity index is 898. The summed E-state index contributed by atoms with van der Waals surface area (Å²) in [4.78, 5) is 3.29. The zero-order valence-corrected chi connectivity index (χ0v) is 14.7. The van der Waals surface area contributed by atoms with E-state index in [1.165, 1.54) is 25.7 Å². The molecule has 2 aliphatic heterocycles. The molecule has 130 valence electrons. The van der Waals surface area contributed by atoms with Crippen molar-refractivity contribution in [2.24, 2.45) is 0 Å². The van der Waals surface area contributed by atoms with E-state index >= 15 is 0 Å². The first-order valence-corrected chi connectivity index (χ1v) is 9.52. The highest BCUT2D eigenvalue weighted by Crippen LogP contribution is 2.37. The van der Waals surface area contributed by atoms with Crippen LogP contribution in [0.25, 0.3) is 15.5 Å². The van der Waals surface area contributed by atoms with E-state index in [0.717, 1.165) is 52.5 Å². The molecule has 0 spiro atoms. The highest BCUT2D eigenvalue weighted by molar-refractivity contribution is 7.19. The number of nitrogens with zero attached hydrogens (tertiary/aromatic N) is 5. The minimum atomic E-state index is 0.282. The average Bonchev–Trinajstić information content (AvgIpc) is 3.28. The van der Waals surface area contributed by atoms with Gasteiger partial charge in [-0.05, 0) is 44.1 Å². The molecule has 2 aliphatic rings. The maximum atomic E-state index is 5.47. The van der Waals surface area contributed by atoms with Gasteiger partial charge in [-0.25, -0.2) is 0 Å². The van der Waals surface area contributed by atoms with Crippen molar-refractivity contribution in [2.75, 3.05) is 19.9 Å². The molecule has 3 aromatic rings. The van der Waals surface area contributed by atoms with Gasteiger partial charge in [0.05, 0.1) is 6.54 Å². The van der Waals surface area contributed by atoms with E-state index in [1.54, 1.807) is 11.3 Å². The van der Waals surface area contributed by atoms with E-state index in [9.17, 15) is 0 Å². The SMILES string of the molecule is c1cc2c(cc1-c1nn3c(CN4CCCCCC4)nnc3s1)OCO2. The van der Waals surface area contributed by atoms with Crippen molar-refractivity contribution in [1.29, 1.82) is 0 Å². The number of hydrogen-bond donors (Lipinski definition) is 0. The molecule has 8 heteroatoms. The van der Waals surface area contributed by atoms with Crippen LogP contribution in [0.4, 0.5) is 0 Å². The van der Waals surface area contributed by atoms with Crippen molar-refractivity contribution in [1.82, 2.24) is 24.7 Å². The molecule has 5 rings (SSSR count). The number of aromatic nitrogens is 4. The quantitative estimate of drug-likeness (QED) is 0.718. The molecule has 25 heavy (non-hydrogen) atoms. The first kappa shape index (κ1) is 15.1. The Kier molecular flexibility index (Phi) is 3.79. The molecule has 0 N–H and O–H groups in total. The largest absolute Gasteiger partial charge is 0.454 e. The van der Waals surface area contributed by atoms with Gasteiger partial charge >= 0.3 is 0 Å². The monoisotopic (exact) mass is 357 g/mol. The first-order valence-electron chi connectivity index (χ1n) is 8.70.